The van der Waals surface area contributed by atoms with E-state index in [0.717, 1.165) is 11.4 Å². The van der Waals surface area contributed by atoms with E-state index < -0.39 is 6.04 Å². The molecule has 2 heterocycles. The lowest BCUT2D eigenvalue weighted by Gasteiger charge is -2.39. The molecule has 1 fully saturated rings. The molecule has 2 aliphatic heterocycles. The second-order valence-electron chi connectivity index (χ2n) is 6.43. The molecule has 2 amide bonds. The van der Waals surface area contributed by atoms with Gasteiger partial charge in [0.25, 0.3) is 5.91 Å². The highest BCUT2D eigenvalue weighted by Gasteiger charge is 2.35. The molecule has 27 heavy (non-hydrogen) atoms. The number of rotatable bonds is 3. The number of methoxy groups -OCH3 is 1. The lowest BCUT2D eigenvalue weighted by molar-refractivity contribution is -0.124. The molecule has 2 aliphatic rings. The van der Waals surface area contributed by atoms with Crippen LogP contribution in [0.15, 0.2) is 42.5 Å². The third-order valence-electron chi connectivity index (χ3n) is 4.92. The van der Waals surface area contributed by atoms with Crippen molar-refractivity contribution in [2.24, 2.45) is 0 Å². The van der Waals surface area contributed by atoms with Crippen LogP contribution in [-0.4, -0.2) is 49.7 Å². The van der Waals surface area contributed by atoms with Gasteiger partial charge in [0.05, 0.1) is 7.11 Å². The number of carbonyl (C=O) groups is 2. The molecule has 0 unspecified atom stereocenters. The van der Waals surface area contributed by atoms with Gasteiger partial charge >= 0.3 is 0 Å². The van der Waals surface area contributed by atoms with E-state index in [1.807, 2.05) is 24.3 Å². The minimum absolute atomic E-state index is 0.111. The summed E-state index contributed by atoms with van der Waals surface area (Å²) in [4.78, 5) is 29.1. The van der Waals surface area contributed by atoms with Crippen molar-refractivity contribution in [2.45, 2.75) is 13.0 Å². The van der Waals surface area contributed by atoms with E-state index in [-0.39, 0.29) is 18.6 Å². The molecular weight excluding hydrogens is 348 g/mol. The van der Waals surface area contributed by atoms with Gasteiger partial charge in [-0.25, -0.2) is 0 Å². The number of hydrogen-bond donors (Lipinski definition) is 0. The van der Waals surface area contributed by atoms with Crippen LogP contribution >= 0.6 is 0 Å². The SMILES string of the molecule is COc1ccc(N2CCN(C(=O)c3ccc4c(c3)OCO4)[C@H](C)C2=O)cc1. The van der Waals surface area contributed by atoms with E-state index in [9.17, 15) is 9.59 Å². The first-order valence-electron chi connectivity index (χ1n) is 8.74. The molecule has 2 aromatic rings. The standard InChI is InChI=1S/C20H20N2O5/c1-13-19(23)22(15-4-6-16(25-2)7-5-15)10-9-21(13)20(24)14-3-8-17-18(11-14)27-12-26-17/h3-8,11,13H,9-10,12H2,1-2H3/t13-/m1/s1. The number of benzene rings is 2. The predicted octanol–water partition coefficient (Wildman–Crippen LogP) is 2.30. The van der Waals surface area contributed by atoms with E-state index in [0.29, 0.717) is 30.2 Å². The summed E-state index contributed by atoms with van der Waals surface area (Å²) in [6.07, 6.45) is 0. The normalized spacial score (nSPS) is 18.6. The molecule has 0 saturated carbocycles. The monoisotopic (exact) mass is 368 g/mol. The Bertz CT molecular complexity index is 880. The highest BCUT2D eigenvalue weighted by atomic mass is 16.7. The lowest BCUT2D eigenvalue weighted by atomic mass is 10.1. The minimum Gasteiger partial charge on any atom is -0.497 e. The Morgan fingerprint density at radius 2 is 1.81 bits per heavy atom. The molecule has 0 aromatic heterocycles. The molecule has 1 atom stereocenters. The fourth-order valence-electron chi connectivity index (χ4n) is 3.36. The summed E-state index contributed by atoms with van der Waals surface area (Å²) < 4.78 is 15.8. The molecule has 1 saturated heterocycles. The van der Waals surface area contributed by atoms with Crippen LogP contribution < -0.4 is 19.1 Å². The number of carbonyl (C=O) groups excluding carboxylic acids is 2. The molecule has 2 aromatic carbocycles. The van der Waals surface area contributed by atoms with Crippen molar-refractivity contribution in [1.29, 1.82) is 0 Å². The summed E-state index contributed by atoms with van der Waals surface area (Å²) in [5.41, 5.74) is 1.28. The summed E-state index contributed by atoms with van der Waals surface area (Å²) in [6, 6.07) is 11.8. The van der Waals surface area contributed by atoms with Crippen LogP contribution in [-0.2, 0) is 4.79 Å². The van der Waals surface area contributed by atoms with Crippen LogP contribution in [0.1, 0.15) is 17.3 Å². The molecule has 0 spiro atoms. The first-order valence-corrected chi connectivity index (χ1v) is 8.74. The molecule has 0 bridgehead atoms. The molecule has 140 valence electrons. The summed E-state index contributed by atoms with van der Waals surface area (Å²) >= 11 is 0. The maximum atomic E-state index is 12.9. The van der Waals surface area contributed by atoms with Crippen LogP contribution in [0.2, 0.25) is 0 Å². The second-order valence-corrected chi connectivity index (χ2v) is 6.43. The summed E-state index contributed by atoms with van der Waals surface area (Å²) in [6.45, 7) is 2.79. The minimum atomic E-state index is -0.557. The zero-order valence-electron chi connectivity index (χ0n) is 15.2. The third-order valence-corrected chi connectivity index (χ3v) is 4.92. The van der Waals surface area contributed by atoms with Crippen LogP contribution in [0, 0.1) is 0 Å². The highest BCUT2D eigenvalue weighted by molar-refractivity contribution is 6.03. The van der Waals surface area contributed by atoms with Gasteiger partial charge in [-0.2, -0.15) is 0 Å². The maximum Gasteiger partial charge on any atom is 0.254 e. The number of piperazine rings is 1. The van der Waals surface area contributed by atoms with Crippen molar-refractivity contribution in [3.8, 4) is 17.2 Å². The number of fused-ring (bicyclic) bond motifs is 1. The van der Waals surface area contributed by atoms with Crippen molar-refractivity contribution in [3.63, 3.8) is 0 Å². The molecule has 0 radical (unpaired) electrons. The van der Waals surface area contributed by atoms with Gasteiger partial charge in [-0.05, 0) is 49.4 Å². The number of nitrogens with zero attached hydrogens (tertiary/aromatic N) is 2. The Morgan fingerprint density at radius 3 is 2.56 bits per heavy atom. The Kier molecular flexibility index (Phi) is 4.35. The van der Waals surface area contributed by atoms with E-state index in [1.165, 1.54) is 0 Å². The third kappa shape index (κ3) is 3.05. The highest BCUT2D eigenvalue weighted by Crippen LogP contribution is 2.33. The molecule has 7 heteroatoms. The number of amides is 2. The lowest BCUT2D eigenvalue weighted by Crippen LogP contribution is -2.57. The Hall–Kier alpha value is -3.22. The molecule has 4 rings (SSSR count). The van der Waals surface area contributed by atoms with Gasteiger partial charge in [-0.1, -0.05) is 0 Å². The zero-order chi connectivity index (χ0) is 19.0. The molecule has 0 aliphatic carbocycles. The van der Waals surface area contributed by atoms with Gasteiger partial charge in [0.1, 0.15) is 11.8 Å². The van der Waals surface area contributed by atoms with Gasteiger partial charge in [0.15, 0.2) is 11.5 Å². The largest absolute Gasteiger partial charge is 0.497 e. The predicted molar refractivity (Wildman–Crippen MR) is 98.4 cm³/mol. The van der Waals surface area contributed by atoms with E-state index in [1.54, 1.807) is 42.0 Å². The van der Waals surface area contributed by atoms with E-state index >= 15 is 0 Å². The molecular formula is C20H20N2O5. The zero-order valence-corrected chi connectivity index (χ0v) is 15.2. The van der Waals surface area contributed by atoms with E-state index in [4.69, 9.17) is 14.2 Å². The quantitative estimate of drug-likeness (QED) is 0.832. The number of hydrogen-bond acceptors (Lipinski definition) is 5. The summed E-state index contributed by atoms with van der Waals surface area (Å²) in [5.74, 6) is 1.61. The Labute approximate surface area is 157 Å². The van der Waals surface area contributed by atoms with Crippen molar-refractivity contribution < 1.29 is 23.8 Å². The Morgan fingerprint density at radius 1 is 1.07 bits per heavy atom. The van der Waals surface area contributed by atoms with Crippen molar-refractivity contribution in [3.05, 3.63) is 48.0 Å². The smallest absolute Gasteiger partial charge is 0.254 e. The van der Waals surface area contributed by atoms with Crippen LogP contribution in [0.3, 0.4) is 0 Å². The van der Waals surface area contributed by atoms with Crippen molar-refractivity contribution >= 4 is 17.5 Å². The first-order chi connectivity index (χ1) is 13.1. The Balaban J connectivity index is 1.51. The fraction of sp³-hybridized carbons (Fsp3) is 0.300. The van der Waals surface area contributed by atoms with Gasteiger partial charge in [-0.15, -0.1) is 0 Å². The van der Waals surface area contributed by atoms with Gasteiger partial charge in [-0.3, -0.25) is 9.59 Å². The van der Waals surface area contributed by atoms with Crippen LogP contribution in [0.5, 0.6) is 17.2 Å². The summed E-state index contributed by atoms with van der Waals surface area (Å²) in [7, 11) is 1.60. The van der Waals surface area contributed by atoms with E-state index in [2.05, 4.69) is 0 Å². The van der Waals surface area contributed by atoms with Crippen LogP contribution in [0.25, 0.3) is 0 Å². The van der Waals surface area contributed by atoms with Gasteiger partial charge < -0.3 is 24.0 Å². The van der Waals surface area contributed by atoms with Gasteiger partial charge in [0.2, 0.25) is 12.7 Å². The van der Waals surface area contributed by atoms with Crippen molar-refractivity contribution in [1.82, 2.24) is 4.90 Å². The molecule has 7 nitrogen and oxygen atoms in total. The first kappa shape index (κ1) is 17.2. The fourth-order valence-corrected chi connectivity index (χ4v) is 3.36. The van der Waals surface area contributed by atoms with Crippen molar-refractivity contribution in [2.75, 3.05) is 31.9 Å². The molecule has 0 N–H and O–H groups in total. The average Bonchev–Trinajstić information content (AvgIpc) is 3.17. The number of ether oxygens (including phenoxy) is 3. The van der Waals surface area contributed by atoms with Gasteiger partial charge in [0, 0.05) is 24.3 Å². The average molecular weight is 368 g/mol. The van der Waals surface area contributed by atoms with Crippen LogP contribution in [0.4, 0.5) is 5.69 Å². The topological polar surface area (TPSA) is 68.3 Å². The summed E-state index contributed by atoms with van der Waals surface area (Å²) in [5, 5.41) is 0. The number of anilines is 1. The second kappa shape index (κ2) is 6.83. The maximum absolute atomic E-state index is 12.9.